The Labute approximate surface area is 123 Å². The molecule has 5 heteroatoms. The molecule has 1 N–H and O–H groups in total. The Balaban J connectivity index is 2.39. The third-order valence-corrected chi connectivity index (χ3v) is 3.42. The van der Waals surface area contributed by atoms with Gasteiger partial charge in [0.2, 0.25) is 0 Å². The molecule has 1 heterocycles. The van der Waals surface area contributed by atoms with Crippen LogP contribution in [0.15, 0.2) is 36.1 Å². The number of nitrogens with one attached hydrogen (secondary N) is 1. The summed E-state index contributed by atoms with van der Waals surface area (Å²) in [7, 11) is 0. The molecule has 2 rings (SSSR count). The molecule has 0 fully saturated rings. The van der Waals surface area contributed by atoms with Crippen LogP contribution in [0, 0.1) is 0 Å². The first-order valence-electron chi connectivity index (χ1n) is 7.26. The van der Waals surface area contributed by atoms with Crippen molar-refractivity contribution in [2.45, 2.75) is 38.4 Å². The summed E-state index contributed by atoms with van der Waals surface area (Å²) < 4.78 is 45.2. The van der Waals surface area contributed by atoms with Gasteiger partial charge in [0.05, 0.1) is 18.2 Å². The van der Waals surface area contributed by atoms with E-state index in [1.54, 1.807) is 6.07 Å². The fourth-order valence-corrected chi connectivity index (χ4v) is 2.44. The highest BCUT2D eigenvalue weighted by Gasteiger charge is 2.36. The summed E-state index contributed by atoms with van der Waals surface area (Å²) >= 11 is 0. The lowest BCUT2D eigenvalue weighted by Gasteiger charge is -2.27. The highest BCUT2D eigenvalue weighted by Crippen LogP contribution is 2.37. The van der Waals surface area contributed by atoms with Crippen LogP contribution in [0.4, 0.5) is 13.2 Å². The number of ether oxygens (including phenoxy) is 1. The molecule has 0 amide bonds. The van der Waals surface area contributed by atoms with E-state index in [9.17, 15) is 13.2 Å². The van der Waals surface area contributed by atoms with Crippen LogP contribution < -0.4 is 5.32 Å². The van der Waals surface area contributed by atoms with Gasteiger partial charge in [0, 0.05) is 0 Å². The first-order valence-corrected chi connectivity index (χ1v) is 7.26. The van der Waals surface area contributed by atoms with Gasteiger partial charge in [-0.25, -0.2) is 0 Å². The van der Waals surface area contributed by atoms with E-state index in [4.69, 9.17) is 4.74 Å². The zero-order chi connectivity index (χ0) is 15.3. The van der Waals surface area contributed by atoms with Crippen molar-refractivity contribution in [1.82, 2.24) is 5.32 Å². The van der Waals surface area contributed by atoms with Crippen LogP contribution in [-0.2, 0) is 10.9 Å². The van der Waals surface area contributed by atoms with Crippen LogP contribution in [-0.4, -0.2) is 13.2 Å². The smallest absolute Gasteiger partial charge is 0.416 e. The lowest BCUT2D eigenvalue weighted by molar-refractivity contribution is -0.138. The summed E-state index contributed by atoms with van der Waals surface area (Å²) in [4.78, 5) is 0. The monoisotopic (exact) mass is 299 g/mol. The molecule has 1 aromatic carbocycles. The SMILES string of the molecule is CCCNC(C1=CCCCO1)c1ccccc1C(F)(F)F. The molecule has 0 spiro atoms. The molecule has 0 bridgehead atoms. The zero-order valence-electron chi connectivity index (χ0n) is 12.0. The van der Waals surface area contributed by atoms with E-state index < -0.39 is 17.8 Å². The minimum atomic E-state index is -4.36. The Morgan fingerprint density at radius 2 is 2.05 bits per heavy atom. The van der Waals surface area contributed by atoms with Gasteiger partial charge in [-0.1, -0.05) is 25.1 Å². The van der Waals surface area contributed by atoms with Gasteiger partial charge in [0.1, 0.15) is 5.76 Å². The van der Waals surface area contributed by atoms with Crippen molar-refractivity contribution in [2.75, 3.05) is 13.2 Å². The molecule has 2 nitrogen and oxygen atoms in total. The van der Waals surface area contributed by atoms with Crippen molar-refractivity contribution >= 4 is 0 Å². The lowest BCUT2D eigenvalue weighted by Crippen LogP contribution is -2.28. The molecule has 0 aromatic heterocycles. The van der Waals surface area contributed by atoms with E-state index in [1.807, 2.05) is 13.0 Å². The number of hydrogen-bond donors (Lipinski definition) is 1. The minimum Gasteiger partial charge on any atom is -0.496 e. The molecular weight excluding hydrogens is 279 g/mol. The Hall–Kier alpha value is -1.49. The van der Waals surface area contributed by atoms with Crippen LogP contribution in [0.3, 0.4) is 0 Å². The second-order valence-corrected chi connectivity index (χ2v) is 5.07. The average molecular weight is 299 g/mol. The molecule has 0 radical (unpaired) electrons. The van der Waals surface area contributed by atoms with Crippen LogP contribution in [0.1, 0.15) is 43.4 Å². The van der Waals surface area contributed by atoms with Gasteiger partial charge in [0.15, 0.2) is 0 Å². The molecule has 1 atom stereocenters. The molecule has 21 heavy (non-hydrogen) atoms. The lowest BCUT2D eigenvalue weighted by atomic mass is 9.97. The summed E-state index contributed by atoms with van der Waals surface area (Å²) in [5, 5.41) is 3.17. The van der Waals surface area contributed by atoms with E-state index in [2.05, 4.69) is 5.32 Å². The summed E-state index contributed by atoms with van der Waals surface area (Å²) in [6, 6.07) is 5.16. The third kappa shape index (κ3) is 4.00. The summed E-state index contributed by atoms with van der Waals surface area (Å²) in [6.45, 7) is 3.18. The van der Waals surface area contributed by atoms with Crippen molar-refractivity contribution in [3.05, 3.63) is 47.2 Å². The van der Waals surface area contributed by atoms with E-state index in [0.717, 1.165) is 25.3 Å². The maximum absolute atomic E-state index is 13.2. The van der Waals surface area contributed by atoms with Gasteiger partial charge in [-0.3, -0.25) is 0 Å². The molecule has 0 saturated carbocycles. The molecule has 1 aliphatic heterocycles. The Bertz CT molecular complexity index is 497. The van der Waals surface area contributed by atoms with Crippen LogP contribution in [0.5, 0.6) is 0 Å². The van der Waals surface area contributed by atoms with Crippen LogP contribution in [0.2, 0.25) is 0 Å². The van der Waals surface area contributed by atoms with E-state index in [1.165, 1.54) is 12.1 Å². The van der Waals surface area contributed by atoms with Gasteiger partial charge < -0.3 is 10.1 Å². The van der Waals surface area contributed by atoms with Crippen molar-refractivity contribution < 1.29 is 17.9 Å². The zero-order valence-corrected chi connectivity index (χ0v) is 12.0. The fraction of sp³-hybridized carbons (Fsp3) is 0.500. The van der Waals surface area contributed by atoms with Crippen molar-refractivity contribution in [2.24, 2.45) is 0 Å². The number of allylic oxidation sites excluding steroid dienone is 1. The maximum Gasteiger partial charge on any atom is 0.416 e. The predicted octanol–water partition coefficient (Wildman–Crippen LogP) is 4.44. The van der Waals surface area contributed by atoms with E-state index in [0.29, 0.717) is 18.9 Å². The highest BCUT2D eigenvalue weighted by atomic mass is 19.4. The second-order valence-electron chi connectivity index (χ2n) is 5.07. The maximum atomic E-state index is 13.2. The van der Waals surface area contributed by atoms with Crippen molar-refractivity contribution in [3.8, 4) is 0 Å². The predicted molar refractivity (Wildman–Crippen MR) is 75.7 cm³/mol. The number of halogens is 3. The minimum absolute atomic E-state index is 0.228. The van der Waals surface area contributed by atoms with Crippen molar-refractivity contribution in [3.63, 3.8) is 0 Å². The summed E-state index contributed by atoms with van der Waals surface area (Å²) in [5.74, 6) is 0.603. The number of alkyl halides is 3. The summed E-state index contributed by atoms with van der Waals surface area (Å²) in [5.41, 5.74) is -0.375. The Morgan fingerprint density at radius 3 is 2.67 bits per heavy atom. The first-order chi connectivity index (χ1) is 10.0. The molecular formula is C16H20F3NO. The third-order valence-electron chi connectivity index (χ3n) is 3.42. The Kier molecular flexibility index (Phi) is 5.28. The molecule has 1 aliphatic rings. The number of hydrogen-bond acceptors (Lipinski definition) is 2. The van der Waals surface area contributed by atoms with Gasteiger partial charge in [-0.2, -0.15) is 13.2 Å². The van der Waals surface area contributed by atoms with Crippen LogP contribution in [0.25, 0.3) is 0 Å². The quantitative estimate of drug-likeness (QED) is 0.868. The normalized spacial score (nSPS) is 17.0. The van der Waals surface area contributed by atoms with Crippen LogP contribution >= 0.6 is 0 Å². The molecule has 0 aliphatic carbocycles. The van der Waals surface area contributed by atoms with Crippen molar-refractivity contribution in [1.29, 1.82) is 0 Å². The van der Waals surface area contributed by atoms with Gasteiger partial charge in [0.25, 0.3) is 0 Å². The first kappa shape index (κ1) is 15.9. The van der Waals surface area contributed by atoms with E-state index >= 15 is 0 Å². The molecule has 0 saturated heterocycles. The molecule has 1 unspecified atom stereocenters. The number of rotatable bonds is 5. The van der Waals surface area contributed by atoms with Gasteiger partial charge in [-0.15, -0.1) is 0 Å². The topological polar surface area (TPSA) is 21.3 Å². The number of benzene rings is 1. The highest BCUT2D eigenvalue weighted by molar-refractivity contribution is 5.36. The van der Waals surface area contributed by atoms with E-state index in [-0.39, 0.29) is 5.56 Å². The average Bonchev–Trinajstić information content (AvgIpc) is 2.48. The fourth-order valence-electron chi connectivity index (χ4n) is 2.44. The molecule has 116 valence electrons. The second kappa shape index (κ2) is 6.98. The largest absolute Gasteiger partial charge is 0.496 e. The standard InChI is InChI=1S/C16H20F3NO/c1-2-10-20-15(14-9-5-6-11-21-14)12-7-3-4-8-13(12)16(17,18)19/h3-4,7-9,15,20H,2,5-6,10-11H2,1H3. The van der Waals surface area contributed by atoms with Gasteiger partial charge in [-0.05, 0) is 43.5 Å². The summed E-state index contributed by atoms with van der Waals surface area (Å²) in [6.07, 6.45) is 0.124. The molecule has 1 aromatic rings. The Morgan fingerprint density at radius 1 is 1.29 bits per heavy atom. The van der Waals surface area contributed by atoms with Gasteiger partial charge >= 0.3 is 6.18 Å².